The van der Waals surface area contributed by atoms with Crippen LogP contribution in [0.2, 0.25) is 19.6 Å². The summed E-state index contributed by atoms with van der Waals surface area (Å²) in [5, 5.41) is 2.95. The number of benzene rings is 1. The molecule has 2 nitrogen and oxygen atoms in total. The third-order valence-corrected chi connectivity index (χ3v) is 3.81. The molecule has 0 saturated heterocycles. The zero-order valence-corrected chi connectivity index (χ0v) is 13.2. The highest BCUT2D eigenvalue weighted by molar-refractivity contribution is 6.80. The Labute approximate surface area is 117 Å². The Bertz CT molecular complexity index is 457. The first-order chi connectivity index (χ1) is 8.88. The van der Waals surface area contributed by atoms with E-state index >= 15 is 0 Å². The van der Waals surface area contributed by atoms with Crippen LogP contribution in [-0.4, -0.2) is 14.0 Å². The molecule has 0 aromatic heterocycles. The lowest BCUT2D eigenvalue weighted by Gasteiger charge is -2.12. The molecule has 1 aromatic carbocycles. The van der Waals surface area contributed by atoms with E-state index in [4.69, 9.17) is 0 Å². The first kappa shape index (κ1) is 15.4. The average molecular weight is 273 g/mol. The molecule has 1 atom stereocenters. The van der Waals surface area contributed by atoms with Crippen LogP contribution in [0.25, 0.3) is 0 Å². The van der Waals surface area contributed by atoms with Crippen LogP contribution in [0.5, 0.6) is 0 Å². The Balaban J connectivity index is 2.48. The van der Waals surface area contributed by atoms with Gasteiger partial charge in [-0.1, -0.05) is 67.8 Å². The van der Waals surface area contributed by atoms with Gasteiger partial charge in [0.05, 0.1) is 14.1 Å². The van der Waals surface area contributed by atoms with Crippen LogP contribution in [0.1, 0.15) is 18.5 Å². The van der Waals surface area contributed by atoms with Crippen LogP contribution in [-0.2, 0) is 4.79 Å². The van der Waals surface area contributed by atoms with E-state index in [0.29, 0.717) is 0 Å². The first-order valence-electron chi connectivity index (χ1n) is 6.60. The van der Waals surface area contributed by atoms with Crippen molar-refractivity contribution in [3.8, 4) is 0 Å². The van der Waals surface area contributed by atoms with Gasteiger partial charge < -0.3 is 5.32 Å². The maximum atomic E-state index is 11.7. The molecule has 0 saturated carbocycles. The molecule has 102 valence electrons. The molecule has 3 heteroatoms. The van der Waals surface area contributed by atoms with Gasteiger partial charge in [-0.25, -0.2) is 0 Å². The first-order valence-corrected chi connectivity index (χ1v) is 10.2. The van der Waals surface area contributed by atoms with Crippen molar-refractivity contribution < 1.29 is 4.79 Å². The van der Waals surface area contributed by atoms with E-state index in [1.54, 1.807) is 6.08 Å². The molecule has 0 bridgehead atoms. The topological polar surface area (TPSA) is 29.1 Å². The molecule has 0 aliphatic heterocycles. The summed E-state index contributed by atoms with van der Waals surface area (Å²) in [5.41, 5.74) is 3.32. The molecular weight excluding hydrogens is 250 g/mol. The number of rotatable bonds is 5. The van der Waals surface area contributed by atoms with Crippen molar-refractivity contribution in [1.82, 2.24) is 5.32 Å². The number of amides is 1. The van der Waals surface area contributed by atoms with E-state index < -0.39 is 8.07 Å². The molecule has 0 aliphatic rings. The quantitative estimate of drug-likeness (QED) is 0.493. The van der Waals surface area contributed by atoms with Crippen LogP contribution in [0.15, 0.2) is 54.3 Å². The number of allylic oxidation sites excluding steroid dienone is 2. The molecule has 1 N–H and O–H groups in total. The standard InChI is InChI=1S/C16H23NOSi/c1-14(15-10-6-5-7-11-15)17-16(18)12-8-9-13-19(2,3)4/h5-14H,1-4H3,(H,17,18)/b12-8-,13-9+. The molecule has 1 amide bonds. The van der Waals surface area contributed by atoms with Gasteiger partial charge in [-0.3, -0.25) is 4.79 Å². The molecule has 1 aromatic rings. The van der Waals surface area contributed by atoms with E-state index in [-0.39, 0.29) is 11.9 Å². The molecule has 1 rings (SSSR count). The van der Waals surface area contributed by atoms with Gasteiger partial charge >= 0.3 is 0 Å². The minimum Gasteiger partial charge on any atom is -0.346 e. The molecule has 0 fully saturated rings. The van der Waals surface area contributed by atoms with Crippen LogP contribution < -0.4 is 5.32 Å². The lowest BCUT2D eigenvalue weighted by Crippen LogP contribution is -2.24. The predicted molar refractivity (Wildman–Crippen MR) is 84.6 cm³/mol. The van der Waals surface area contributed by atoms with Gasteiger partial charge in [0.2, 0.25) is 5.91 Å². The highest BCUT2D eigenvalue weighted by atomic mass is 28.3. The van der Waals surface area contributed by atoms with Crippen molar-refractivity contribution in [3.05, 3.63) is 59.8 Å². The Kier molecular flexibility index (Phi) is 5.77. The van der Waals surface area contributed by atoms with Gasteiger partial charge in [-0.15, -0.1) is 0 Å². The number of hydrogen-bond acceptors (Lipinski definition) is 1. The number of nitrogens with one attached hydrogen (secondary N) is 1. The molecule has 0 spiro atoms. The van der Waals surface area contributed by atoms with Crippen LogP contribution in [0.3, 0.4) is 0 Å². The van der Waals surface area contributed by atoms with E-state index in [1.165, 1.54) is 0 Å². The number of carbonyl (C=O) groups excluding carboxylic acids is 1. The van der Waals surface area contributed by atoms with Gasteiger partial charge in [0.15, 0.2) is 0 Å². The number of carbonyl (C=O) groups is 1. The highest BCUT2D eigenvalue weighted by Gasteiger charge is 2.07. The Morgan fingerprint density at radius 1 is 1.16 bits per heavy atom. The second-order valence-corrected chi connectivity index (χ2v) is 10.8. The van der Waals surface area contributed by atoms with Crippen molar-refractivity contribution in [2.45, 2.75) is 32.6 Å². The molecule has 0 radical (unpaired) electrons. The monoisotopic (exact) mass is 273 g/mol. The Morgan fingerprint density at radius 2 is 1.79 bits per heavy atom. The fraction of sp³-hybridized carbons (Fsp3) is 0.312. The van der Waals surface area contributed by atoms with Gasteiger partial charge in [-0.05, 0) is 12.5 Å². The van der Waals surface area contributed by atoms with Gasteiger partial charge in [0, 0.05) is 6.08 Å². The van der Waals surface area contributed by atoms with E-state index in [1.807, 2.05) is 49.4 Å². The molecule has 1 unspecified atom stereocenters. The summed E-state index contributed by atoms with van der Waals surface area (Å²) in [6.45, 7) is 8.76. The number of hydrogen-bond donors (Lipinski definition) is 1. The molecule has 19 heavy (non-hydrogen) atoms. The van der Waals surface area contributed by atoms with Crippen molar-refractivity contribution in [2.75, 3.05) is 0 Å². The van der Waals surface area contributed by atoms with Gasteiger partial charge in [-0.2, -0.15) is 0 Å². The highest BCUT2D eigenvalue weighted by Crippen LogP contribution is 2.10. The molecule has 0 heterocycles. The summed E-state index contributed by atoms with van der Waals surface area (Å²) in [4.78, 5) is 11.7. The van der Waals surface area contributed by atoms with Crippen molar-refractivity contribution in [2.24, 2.45) is 0 Å². The van der Waals surface area contributed by atoms with Crippen molar-refractivity contribution in [1.29, 1.82) is 0 Å². The third-order valence-electron chi connectivity index (χ3n) is 2.61. The summed E-state index contributed by atoms with van der Waals surface area (Å²) < 4.78 is 0. The zero-order chi connectivity index (χ0) is 14.3. The van der Waals surface area contributed by atoms with Crippen molar-refractivity contribution in [3.63, 3.8) is 0 Å². The molecular formula is C16H23NOSi. The SMILES string of the molecule is CC(NC(=O)/C=C\C=C\[Si](C)(C)C)c1ccccc1. The summed E-state index contributed by atoms with van der Waals surface area (Å²) in [6, 6.07) is 9.98. The van der Waals surface area contributed by atoms with Crippen LogP contribution >= 0.6 is 0 Å². The minimum absolute atomic E-state index is 0.0271. The summed E-state index contributed by atoms with van der Waals surface area (Å²) in [6.07, 6.45) is 5.36. The predicted octanol–water partition coefficient (Wildman–Crippen LogP) is 3.85. The van der Waals surface area contributed by atoms with E-state index in [2.05, 4.69) is 30.7 Å². The van der Waals surface area contributed by atoms with E-state index in [9.17, 15) is 4.79 Å². The summed E-state index contributed by atoms with van der Waals surface area (Å²) in [7, 11) is -1.18. The van der Waals surface area contributed by atoms with Crippen molar-refractivity contribution >= 4 is 14.0 Å². The second kappa shape index (κ2) is 7.09. The minimum atomic E-state index is -1.18. The lowest BCUT2D eigenvalue weighted by molar-refractivity contribution is -0.117. The van der Waals surface area contributed by atoms with Crippen LogP contribution in [0, 0.1) is 0 Å². The lowest BCUT2D eigenvalue weighted by atomic mass is 10.1. The zero-order valence-electron chi connectivity index (χ0n) is 12.2. The maximum absolute atomic E-state index is 11.7. The van der Waals surface area contributed by atoms with Crippen LogP contribution in [0.4, 0.5) is 0 Å². The smallest absolute Gasteiger partial charge is 0.244 e. The third kappa shape index (κ3) is 6.77. The van der Waals surface area contributed by atoms with E-state index in [0.717, 1.165) is 5.56 Å². The summed E-state index contributed by atoms with van der Waals surface area (Å²) >= 11 is 0. The molecule has 0 aliphatic carbocycles. The summed E-state index contributed by atoms with van der Waals surface area (Å²) in [5.74, 6) is -0.0587. The Hall–Kier alpha value is -1.61. The fourth-order valence-corrected chi connectivity index (χ4v) is 2.26. The largest absolute Gasteiger partial charge is 0.346 e. The Morgan fingerprint density at radius 3 is 2.37 bits per heavy atom. The average Bonchev–Trinajstić information content (AvgIpc) is 2.34. The normalized spacial score (nSPS) is 13.9. The van der Waals surface area contributed by atoms with Gasteiger partial charge in [0.1, 0.15) is 0 Å². The maximum Gasteiger partial charge on any atom is 0.244 e. The fourth-order valence-electron chi connectivity index (χ4n) is 1.57. The second-order valence-electron chi connectivity index (χ2n) is 5.73. The van der Waals surface area contributed by atoms with Gasteiger partial charge in [0.25, 0.3) is 0 Å².